The van der Waals surface area contributed by atoms with Crippen LogP contribution in [0, 0.1) is 12.8 Å². The molecule has 1 heterocycles. The molecule has 0 aliphatic heterocycles. The van der Waals surface area contributed by atoms with Crippen molar-refractivity contribution in [2.45, 2.75) is 31.6 Å². The highest BCUT2D eigenvalue weighted by Crippen LogP contribution is 2.31. The van der Waals surface area contributed by atoms with Gasteiger partial charge in [-0.2, -0.15) is 4.98 Å². The van der Waals surface area contributed by atoms with Crippen LogP contribution in [-0.2, 0) is 0 Å². The average Bonchev–Trinajstić information content (AvgIpc) is 2.90. The van der Waals surface area contributed by atoms with Crippen molar-refractivity contribution in [3.63, 3.8) is 0 Å². The molecule has 144 valence electrons. The number of rotatable bonds is 5. The summed E-state index contributed by atoms with van der Waals surface area (Å²) in [7, 11) is 0. The van der Waals surface area contributed by atoms with Crippen LogP contribution in [-0.4, -0.2) is 50.1 Å². The maximum Gasteiger partial charge on any atom is 0.223 e. The van der Waals surface area contributed by atoms with Gasteiger partial charge in [0.05, 0.1) is 17.7 Å². The lowest BCUT2D eigenvalue weighted by atomic mass is 10.1. The van der Waals surface area contributed by atoms with E-state index in [1.165, 1.54) is 0 Å². The molecule has 1 aliphatic carbocycles. The summed E-state index contributed by atoms with van der Waals surface area (Å²) < 4.78 is 0. The molecule has 0 spiro atoms. The van der Waals surface area contributed by atoms with Crippen LogP contribution < -0.4 is 11.1 Å². The predicted molar refractivity (Wildman–Crippen MR) is 106 cm³/mol. The first-order valence-electron chi connectivity index (χ1n) is 8.71. The summed E-state index contributed by atoms with van der Waals surface area (Å²) in [5.74, 6) is -0.0347. The molecule has 1 aromatic heterocycles. The van der Waals surface area contributed by atoms with Crippen molar-refractivity contribution >= 4 is 35.5 Å². The van der Waals surface area contributed by atoms with Crippen LogP contribution in [0.25, 0.3) is 12.2 Å². The van der Waals surface area contributed by atoms with Gasteiger partial charge in [-0.05, 0) is 30.5 Å². The van der Waals surface area contributed by atoms with Crippen LogP contribution in [0.2, 0.25) is 5.15 Å². The second kappa shape index (κ2) is 8.22. The number of aliphatic hydroxyl groups is 3. The van der Waals surface area contributed by atoms with Gasteiger partial charge in [0.25, 0.3) is 0 Å². The van der Waals surface area contributed by atoms with Crippen molar-refractivity contribution in [2.75, 3.05) is 17.7 Å². The molecule has 0 bridgehead atoms. The van der Waals surface area contributed by atoms with E-state index in [9.17, 15) is 15.3 Å². The van der Waals surface area contributed by atoms with Gasteiger partial charge in [-0.15, -0.1) is 0 Å². The third-order valence-corrected chi connectivity index (χ3v) is 5.18. The Kier molecular flexibility index (Phi) is 5.96. The Hall–Kier alpha value is -2.19. The summed E-state index contributed by atoms with van der Waals surface area (Å²) in [6.07, 6.45) is 2.03. The topological polar surface area (TPSA) is 125 Å². The summed E-state index contributed by atoms with van der Waals surface area (Å²) in [5, 5.41) is 32.9. The van der Waals surface area contributed by atoms with Crippen molar-refractivity contribution < 1.29 is 15.3 Å². The molecule has 0 unspecified atom stereocenters. The summed E-state index contributed by atoms with van der Waals surface area (Å²) in [6, 6.07) is 7.40. The quantitative estimate of drug-likeness (QED) is 0.492. The van der Waals surface area contributed by atoms with Gasteiger partial charge in [-0.25, -0.2) is 4.98 Å². The second-order valence-corrected chi connectivity index (χ2v) is 7.09. The number of hydrogen-bond acceptors (Lipinski definition) is 7. The van der Waals surface area contributed by atoms with Crippen LogP contribution in [0.3, 0.4) is 0 Å². The fraction of sp³-hybridized carbons (Fsp3) is 0.368. The number of nitrogens with one attached hydrogen (secondary N) is 1. The van der Waals surface area contributed by atoms with Crippen molar-refractivity contribution in [3.05, 3.63) is 46.1 Å². The van der Waals surface area contributed by atoms with Crippen LogP contribution in [0.5, 0.6) is 0 Å². The van der Waals surface area contributed by atoms with Gasteiger partial charge in [0.1, 0.15) is 17.1 Å². The van der Waals surface area contributed by atoms with Crippen LogP contribution in [0.1, 0.15) is 23.1 Å². The van der Waals surface area contributed by atoms with Crippen molar-refractivity contribution in [2.24, 2.45) is 5.92 Å². The van der Waals surface area contributed by atoms with Gasteiger partial charge in [-0.3, -0.25) is 0 Å². The minimum absolute atomic E-state index is 0.00212. The van der Waals surface area contributed by atoms with Gasteiger partial charge in [0.15, 0.2) is 0 Å². The van der Waals surface area contributed by atoms with Gasteiger partial charge >= 0.3 is 0 Å². The Morgan fingerprint density at radius 1 is 1.22 bits per heavy atom. The van der Waals surface area contributed by atoms with E-state index in [1.54, 1.807) is 6.08 Å². The summed E-state index contributed by atoms with van der Waals surface area (Å²) in [6.45, 7) is 1.80. The number of nitrogens with zero attached hydrogens (tertiary/aromatic N) is 2. The molecule has 3 rings (SSSR count). The molecular weight excluding hydrogens is 368 g/mol. The van der Waals surface area contributed by atoms with E-state index in [-0.39, 0.29) is 17.7 Å². The number of nitrogen functional groups attached to an aromatic ring is 1. The smallest absolute Gasteiger partial charge is 0.223 e. The van der Waals surface area contributed by atoms with Gasteiger partial charge in [0, 0.05) is 12.5 Å². The lowest BCUT2D eigenvalue weighted by molar-refractivity contribution is 0.00445. The molecule has 4 atom stereocenters. The fourth-order valence-electron chi connectivity index (χ4n) is 3.29. The first-order valence-corrected chi connectivity index (χ1v) is 9.08. The molecule has 6 N–H and O–H groups in total. The molecule has 1 aliphatic rings. The zero-order valence-corrected chi connectivity index (χ0v) is 15.6. The van der Waals surface area contributed by atoms with Crippen molar-refractivity contribution in [1.29, 1.82) is 0 Å². The number of nitrogens with two attached hydrogens (primary N) is 1. The van der Waals surface area contributed by atoms with Gasteiger partial charge in [-0.1, -0.05) is 41.9 Å². The molecule has 1 fully saturated rings. The van der Waals surface area contributed by atoms with E-state index in [1.807, 2.05) is 37.3 Å². The van der Waals surface area contributed by atoms with Gasteiger partial charge < -0.3 is 26.4 Å². The van der Waals surface area contributed by atoms with Crippen molar-refractivity contribution in [1.82, 2.24) is 9.97 Å². The largest absolute Gasteiger partial charge is 0.396 e. The Morgan fingerprint density at radius 2 is 1.96 bits per heavy atom. The lowest BCUT2D eigenvalue weighted by Gasteiger charge is -2.20. The minimum atomic E-state index is -1.04. The van der Waals surface area contributed by atoms with E-state index in [0.29, 0.717) is 17.8 Å². The van der Waals surface area contributed by atoms with Crippen LogP contribution in [0.4, 0.5) is 11.8 Å². The molecule has 1 aromatic carbocycles. The van der Waals surface area contributed by atoms with E-state index in [0.717, 1.165) is 11.1 Å². The lowest BCUT2D eigenvalue weighted by Crippen LogP contribution is -2.35. The number of hydrogen-bond donors (Lipinski definition) is 5. The molecule has 7 nitrogen and oxygen atoms in total. The molecule has 2 aromatic rings. The fourth-order valence-corrected chi connectivity index (χ4v) is 3.53. The zero-order chi connectivity index (χ0) is 19.6. The number of aromatic nitrogens is 2. The number of aryl methyl sites for hydroxylation is 1. The number of benzene rings is 1. The molecule has 0 radical (unpaired) electrons. The van der Waals surface area contributed by atoms with E-state index < -0.39 is 24.2 Å². The predicted octanol–water partition coefficient (Wildman–Crippen LogP) is 1.71. The van der Waals surface area contributed by atoms with E-state index >= 15 is 0 Å². The van der Waals surface area contributed by atoms with Crippen molar-refractivity contribution in [3.8, 4) is 0 Å². The molecule has 0 amide bonds. The highest BCUT2D eigenvalue weighted by molar-refractivity contribution is 6.31. The average molecular weight is 391 g/mol. The summed E-state index contributed by atoms with van der Waals surface area (Å²) >= 11 is 6.27. The monoisotopic (exact) mass is 390 g/mol. The molecule has 8 heteroatoms. The van der Waals surface area contributed by atoms with E-state index in [4.69, 9.17) is 17.3 Å². The third-order valence-electron chi connectivity index (χ3n) is 4.89. The SMILES string of the molecule is Cc1ccccc1/C=C/c1c(Cl)nc(N)nc1N[C@@H]1C[C@H](CO)[C@@H](O)[C@H]1O. The highest BCUT2D eigenvalue weighted by atomic mass is 35.5. The molecular formula is C19H23ClN4O3. The summed E-state index contributed by atoms with van der Waals surface area (Å²) in [4.78, 5) is 8.20. The van der Waals surface area contributed by atoms with E-state index in [2.05, 4.69) is 15.3 Å². The number of anilines is 2. The standard InChI is InChI=1S/C19H23ClN4O3/c1-10-4-2-3-5-11(10)6-7-13-17(20)23-19(21)24-18(13)22-14-8-12(9-25)15(26)16(14)27/h2-7,12,14-16,25-27H,8-9H2,1H3,(H3,21,22,23,24)/b7-6+/t12-,14-,15-,16+/m1/s1. The Labute approximate surface area is 162 Å². The first-order chi connectivity index (χ1) is 12.9. The van der Waals surface area contributed by atoms with Crippen LogP contribution in [0.15, 0.2) is 24.3 Å². The first kappa shape index (κ1) is 19.6. The molecule has 27 heavy (non-hydrogen) atoms. The van der Waals surface area contributed by atoms with Crippen LogP contribution >= 0.6 is 11.6 Å². The van der Waals surface area contributed by atoms with Gasteiger partial charge in [0.2, 0.25) is 5.95 Å². The minimum Gasteiger partial charge on any atom is -0.396 e. The Morgan fingerprint density at radius 3 is 2.63 bits per heavy atom. The highest BCUT2D eigenvalue weighted by Gasteiger charge is 2.41. The second-order valence-electron chi connectivity index (χ2n) is 6.74. The number of halogens is 1. The molecule has 0 saturated heterocycles. The number of aliphatic hydroxyl groups excluding tert-OH is 3. The summed E-state index contributed by atoms with van der Waals surface area (Å²) in [5.41, 5.74) is 8.39. The Balaban J connectivity index is 1.91. The maximum absolute atomic E-state index is 10.2. The molecule has 1 saturated carbocycles. The maximum atomic E-state index is 10.2. The Bertz CT molecular complexity index is 846. The normalized spacial score (nSPS) is 25.2. The third kappa shape index (κ3) is 4.22. The zero-order valence-electron chi connectivity index (χ0n) is 14.9.